The standard InChI is InChI=1S/C12H22N4/c1-9(2)5-15-12-8-14-11(7-16-12)6-13-10(3)4/h7-10,13H,5-6H2,1-4H3,(H,15,16). The summed E-state index contributed by atoms with van der Waals surface area (Å²) in [6.07, 6.45) is 3.61. The molecule has 0 amide bonds. The van der Waals surface area contributed by atoms with Crippen molar-refractivity contribution in [1.82, 2.24) is 15.3 Å². The van der Waals surface area contributed by atoms with Crippen LogP contribution in [0.25, 0.3) is 0 Å². The summed E-state index contributed by atoms with van der Waals surface area (Å²) in [6, 6.07) is 0.473. The van der Waals surface area contributed by atoms with Gasteiger partial charge in [0.1, 0.15) is 5.82 Å². The van der Waals surface area contributed by atoms with Gasteiger partial charge >= 0.3 is 0 Å². The van der Waals surface area contributed by atoms with E-state index in [1.165, 1.54) is 0 Å². The molecule has 0 unspecified atom stereocenters. The average Bonchev–Trinajstić information content (AvgIpc) is 2.25. The second kappa shape index (κ2) is 6.43. The Morgan fingerprint density at radius 3 is 2.38 bits per heavy atom. The fourth-order valence-electron chi connectivity index (χ4n) is 1.15. The van der Waals surface area contributed by atoms with Crippen LogP contribution in [-0.4, -0.2) is 22.6 Å². The van der Waals surface area contributed by atoms with Crippen LogP contribution >= 0.6 is 0 Å². The normalized spacial score (nSPS) is 11.1. The van der Waals surface area contributed by atoms with Gasteiger partial charge in [0.2, 0.25) is 0 Å². The van der Waals surface area contributed by atoms with Crippen LogP contribution in [0.1, 0.15) is 33.4 Å². The van der Waals surface area contributed by atoms with Crippen molar-refractivity contribution >= 4 is 5.82 Å². The van der Waals surface area contributed by atoms with Crippen LogP contribution in [0.3, 0.4) is 0 Å². The van der Waals surface area contributed by atoms with Crippen molar-refractivity contribution in [2.45, 2.75) is 40.3 Å². The predicted octanol–water partition coefficient (Wildman–Crippen LogP) is 2.04. The fourth-order valence-corrected chi connectivity index (χ4v) is 1.15. The van der Waals surface area contributed by atoms with E-state index in [0.717, 1.165) is 24.6 Å². The van der Waals surface area contributed by atoms with Crippen LogP contribution in [0.5, 0.6) is 0 Å². The molecule has 0 bridgehead atoms. The van der Waals surface area contributed by atoms with Gasteiger partial charge in [-0.3, -0.25) is 4.98 Å². The SMILES string of the molecule is CC(C)CNc1cnc(CNC(C)C)cn1. The molecule has 0 radical (unpaired) electrons. The highest BCUT2D eigenvalue weighted by Gasteiger charge is 1.99. The monoisotopic (exact) mass is 222 g/mol. The lowest BCUT2D eigenvalue weighted by Gasteiger charge is -2.09. The first-order chi connectivity index (χ1) is 7.58. The van der Waals surface area contributed by atoms with Crippen LogP contribution < -0.4 is 10.6 Å². The fraction of sp³-hybridized carbons (Fsp3) is 0.667. The Morgan fingerprint density at radius 1 is 1.12 bits per heavy atom. The molecule has 0 saturated heterocycles. The molecule has 0 aromatic carbocycles. The van der Waals surface area contributed by atoms with Gasteiger partial charge in [-0.15, -0.1) is 0 Å². The molecule has 2 N–H and O–H groups in total. The Kier molecular flexibility index (Phi) is 5.19. The molecular weight excluding hydrogens is 200 g/mol. The van der Waals surface area contributed by atoms with Crippen molar-refractivity contribution in [3.05, 3.63) is 18.1 Å². The Labute approximate surface area is 97.9 Å². The van der Waals surface area contributed by atoms with Gasteiger partial charge in [0.15, 0.2) is 0 Å². The van der Waals surface area contributed by atoms with Crippen molar-refractivity contribution in [2.24, 2.45) is 5.92 Å². The Morgan fingerprint density at radius 2 is 1.88 bits per heavy atom. The summed E-state index contributed by atoms with van der Waals surface area (Å²) in [7, 11) is 0. The van der Waals surface area contributed by atoms with E-state index >= 15 is 0 Å². The number of anilines is 1. The summed E-state index contributed by atoms with van der Waals surface area (Å²) >= 11 is 0. The van der Waals surface area contributed by atoms with Crippen LogP contribution in [0.2, 0.25) is 0 Å². The maximum atomic E-state index is 4.34. The van der Waals surface area contributed by atoms with Gasteiger partial charge in [-0.2, -0.15) is 0 Å². The molecular formula is C12H22N4. The average molecular weight is 222 g/mol. The number of nitrogens with zero attached hydrogens (tertiary/aromatic N) is 2. The first kappa shape index (κ1) is 12.9. The second-order valence-electron chi connectivity index (χ2n) is 4.70. The zero-order chi connectivity index (χ0) is 12.0. The van der Waals surface area contributed by atoms with Gasteiger partial charge in [0.05, 0.1) is 18.1 Å². The molecule has 4 nitrogen and oxygen atoms in total. The summed E-state index contributed by atoms with van der Waals surface area (Å²) in [5.41, 5.74) is 0.976. The highest BCUT2D eigenvalue weighted by molar-refractivity contribution is 5.30. The first-order valence-electron chi connectivity index (χ1n) is 5.86. The highest BCUT2D eigenvalue weighted by atomic mass is 15.0. The molecule has 0 aliphatic rings. The third-order valence-electron chi connectivity index (χ3n) is 2.09. The molecule has 0 atom stereocenters. The van der Waals surface area contributed by atoms with E-state index in [0.29, 0.717) is 12.0 Å². The van der Waals surface area contributed by atoms with Gasteiger partial charge in [-0.05, 0) is 5.92 Å². The Bertz CT molecular complexity index is 261. The molecule has 1 aromatic rings. The zero-order valence-corrected chi connectivity index (χ0v) is 10.6. The first-order valence-corrected chi connectivity index (χ1v) is 5.86. The summed E-state index contributed by atoms with van der Waals surface area (Å²) in [4.78, 5) is 8.66. The summed E-state index contributed by atoms with van der Waals surface area (Å²) in [5, 5.41) is 6.55. The van der Waals surface area contributed by atoms with Gasteiger partial charge in [-0.1, -0.05) is 27.7 Å². The smallest absolute Gasteiger partial charge is 0.144 e. The topological polar surface area (TPSA) is 49.8 Å². The molecule has 1 aromatic heterocycles. The minimum atomic E-state index is 0.473. The van der Waals surface area contributed by atoms with E-state index < -0.39 is 0 Å². The van der Waals surface area contributed by atoms with Crippen LogP contribution in [0.4, 0.5) is 5.82 Å². The highest BCUT2D eigenvalue weighted by Crippen LogP contribution is 2.02. The van der Waals surface area contributed by atoms with Crippen molar-refractivity contribution in [2.75, 3.05) is 11.9 Å². The molecule has 16 heavy (non-hydrogen) atoms. The van der Waals surface area contributed by atoms with Gasteiger partial charge in [0, 0.05) is 19.1 Å². The maximum absolute atomic E-state index is 4.34. The van der Waals surface area contributed by atoms with E-state index in [-0.39, 0.29) is 0 Å². The van der Waals surface area contributed by atoms with Gasteiger partial charge in [0.25, 0.3) is 0 Å². The number of nitrogens with one attached hydrogen (secondary N) is 2. The van der Waals surface area contributed by atoms with E-state index in [2.05, 4.69) is 48.3 Å². The number of hydrogen-bond donors (Lipinski definition) is 2. The quantitative estimate of drug-likeness (QED) is 0.773. The second-order valence-corrected chi connectivity index (χ2v) is 4.70. The lowest BCUT2D eigenvalue weighted by molar-refractivity contribution is 0.580. The number of aromatic nitrogens is 2. The largest absolute Gasteiger partial charge is 0.369 e. The third kappa shape index (κ3) is 5.07. The molecule has 90 valence electrons. The molecule has 0 aliphatic heterocycles. The molecule has 1 heterocycles. The van der Waals surface area contributed by atoms with Gasteiger partial charge < -0.3 is 10.6 Å². The summed E-state index contributed by atoms with van der Waals surface area (Å²) in [5.74, 6) is 1.46. The summed E-state index contributed by atoms with van der Waals surface area (Å²) < 4.78 is 0. The minimum Gasteiger partial charge on any atom is -0.369 e. The lowest BCUT2D eigenvalue weighted by atomic mass is 10.2. The predicted molar refractivity (Wildman–Crippen MR) is 67.3 cm³/mol. The maximum Gasteiger partial charge on any atom is 0.144 e. The van der Waals surface area contributed by atoms with Crippen molar-refractivity contribution in [1.29, 1.82) is 0 Å². The number of rotatable bonds is 6. The van der Waals surface area contributed by atoms with E-state index in [1.54, 1.807) is 6.20 Å². The van der Waals surface area contributed by atoms with E-state index in [1.807, 2.05) is 6.20 Å². The Balaban J connectivity index is 2.41. The van der Waals surface area contributed by atoms with Crippen molar-refractivity contribution in [3.63, 3.8) is 0 Å². The molecule has 0 fully saturated rings. The van der Waals surface area contributed by atoms with E-state index in [4.69, 9.17) is 0 Å². The Hall–Kier alpha value is -1.16. The number of hydrogen-bond acceptors (Lipinski definition) is 4. The molecule has 4 heteroatoms. The van der Waals surface area contributed by atoms with E-state index in [9.17, 15) is 0 Å². The third-order valence-corrected chi connectivity index (χ3v) is 2.09. The van der Waals surface area contributed by atoms with Crippen LogP contribution in [0, 0.1) is 5.92 Å². The zero-order valence-electron chi connectivity index (χ0n) is 10.6. The molecule has 0 saturated carbocycles. The molecule has 1 rings (SSSR count). The minimum absolute atomic E-state index is 0.473. The van der Waals surface area contributed by atoms with Crippen LogP contribution in [0.15, 0.2) is 12.4 Å². The lowest BCUT2D eigenvalue weighted by Crippen LogP contribution is -2.22. The summed E-state index contributed by atoms with van der Waals surface area (Å²) in [6.45, 7) is 10.3. The van der Waals surface area contributed by atoms with Crippen molar-refractivity contribution < 1.29 is 0 Å². The van der Waals surface area contributed by atoms with Crippen LogP contribution in [-0.2, 0) is 6.54 Å². The van der Waals surface area contributed by atoms with Crippen molar-refractivity contribution in [3.8, 4) is 0 Å². The molecule has 0 spiro atoms. The molecule has 0 aliphatic carbocycles. The van der Waals surface area contributed by atoms with Gasteiger partial charge in [-0.25, -0.2) is 4.98 Å².